The minimum absolute atomic E-state index is 0.00393. The highest BCUT2D eigenvalue weighted by atomic mass is 19.1. The van der Waals surface area contributed by atoms with Crippen LogP contribution in [0.2, 0.25) is 0 Å². The molecule has 1 aliphatic rings. The Morgan fingerprint density at radius 2 is 2.19 bits per heavy atom. The molecule has 0 bridgehead atoms. The molecule has 0 saturated carbocycles. The maximum atomic E-state index is 13.7. The average Bonchev–Trinajstić information content (AvgIpc) is 3.13. The van der Waals surface area contributed by atoms with Crippen LogP contribution in [0.5, 0.6) is 0 Å². The number of rotatable bonds is 6. The highest BCUT2D eigenvalue weighted by Gasteiger charge is 2.26. The van der Waals surface area contributed by atoms with Gasteiger partial charge in [0, 0.05) is 42.6 Å². The number of aromatic amines is 1. The molecule has 142 valence electrons. The van der Waals surface area contributed by atoms with Gasteiger partial charge >= 0.3 is 0 Å². The first-order valence-electron chi connectivity index (χ1n) is 10.9. The number of hydrogen-bond donors (Lipinski definition) is 4. The van der Waals surface area contributed by atoms with Crippen molar-refractivity contribution in [1.29, 1.82) is 0 Å². The largest absolute Gasteiger partial charge is 0.358 e. The number of halogens is 1. The third kappa shape index (κ3) is 3.78. The molecule has 0 spiro atoms. The Morgan fingerprint density at radius 1 is 1.37 bits per heavy atom. The Kier molecular flexibility index (Phi) is 3.81. The van der Waals surface area contributed by atoms with Gasteiger partial charge in [0.25, 0.3) is 11.8 Å². The molecule has 0 aliphatic carbocycles. The van der Waals surface area contributed by atoms with Crippen LogP contribution in [0.25, 0.3) is 11.6 Å². The summed E-state index contributed by atoms with van der Waals surface area (Å²) in [5.41, 5.74) is 3.21. The Hall–Kier alpha value is -2.93. The van der Waals surface area contributed by atoms with Crippen LogP contribution < -0.4 is 16.0 Å². The van der Waals surface area contributed by atoms with Gasteiger partial charge in [-0.15, -0.1) is 0 Å². The number of H-pyrrole nitrogens is 1. The van der Waals surface area contributed by atoms with Gasteiger partial charge in [0.15, 0.2) is 0 Å². The molecular weight excluding hydrogens is 347 g/mol. The molecule has 0 radical (unpaired) electrons. The number of benzene rings is 1. The zero-order chi connectivity index (χ0) is 23.8. The summed E-state index contributed by atoms with van der Waals surface area (Å²) in [6, 6.07) is 4.01. The van der Waals surface area contributed by atoms with Crippen molar-refractivity contribution in [3.63, 3.8) is 0 Å². The number of nitrogens with one attached hydrogen (secondary N) is 4. The van der Waals surface area contributed by atoms with E-state index in [-0.39, 0.29) is 24.6 Å². The Balaban J connectivity index is 1.75. The van der Waals surface area contributed by atoms with Gasteiger partial charge < -0.3 is 20.9 Å². The quantitative estimate of drug-likeness (QED) is 0.462. The summed E-state index contributed by atoms with van der Waals surface area (Å²) in [5, 5.41) is 7.56. The van der Waals surface area contributed by atoms with Gasteiger partial charge in [-0.1, -0.05) is 6.85 Å². The monoisotopic (exact) mass is 375 g/mol. The van der Waals surface area contributed by atoms with Crippen LogP contribution in [-0.4, -0.2) is 36.4 Å². The van der Waals surface area contributed by atoms with Gasteiger partial charge in [-0.3, -0.25) is 9.59 Å². The lowest BCUT2D eigenvalue weighted by molar-refractivity contribution is -0.110. The predicted octanol–water partition coefficient (Wildman–Crippen LogP) is 2.60. The first-order valence-corrected chi connectivity index (χ1v) is 8.37. The van der Waals surface area contributed by atoms with Crippen LogP contribution in [0.1, 0.15) is 46.6 Å². The lowest BCUT2D eigenvalue weighted by atomic mass is 10.0. The van der Waals surface area contributed by atoms with E-state index in [1.54, 1.807) is 19.9 Å². The van der Waals surface area contributed by atoms with Crippen LogP contribution in [0.4, 0.5) is 10.1 Å². The molecule has 6 nitrogen and oxygen atoms in total. The highest BCUT2D eigenvalue weighted by Crippen LogP contribution is 2.34. The highest BCUT2D eigenvalue weighted by molar-refractivity contribution is 6.34. The first-order chi connectivity index (χ1) is 14.8. The van der Waals surface area contributed by atoms with Crippen LogP contribution in [-0.2, 0) is 4.79 Å². The molecule has 27 heavy (non-hydrogen) atoms. The fourth-order valence-corrected chi connectivity index (χ4v) is 3.10. The predicted molar refractivity (Wildman–Crippen MR) is 104 cm³/mol. The van der Waals surface area contributed by atoms with E-state index < -0.39 is 25.1 Å². The van der Waals surface area contributed by atoms with Crippen LogP contribution in [0.15, 0.2) is 18.2 Å². The molecule has 1 aromatic carbocycles. The second-order valence-corrected chi connectivity index (χ2v) is 6.17. The van der Waals surface area contributed by atoms with Crippen molar-refractivity contribution >= 4 is 29.2 Å². The van der Waals surface area contributed by atoms with Crippen molar-refractivity contribution < 1.29 is 20.8 Å². The van der Waals surface area contributed by atoms with Crippen molar-refractivity contribution in [2.75, 3.05) is 24.9 Å². The minimum Gasteiger partial charge on any atom is -0.358 e. The standard InChI is InChI=1S/C20H23FN4O2/c1-4-22-7-8-23-20(27)18-11(2)17(24-12(18)3)10-15-14-9-13(21)5-6-16(14)25-19(15)26/h5-6,9-10,22,24H,4,7-8H2,1-3H3,(H,23,27)(H,25,26)/b15-10+/i1D3,4D2. The topological polar surface area (TPSA) is 86.0 Å². The van der Waals surface area contributed by atoms with E-state index in [1.165, 1.54) is 18.2 Å². The van der Waals surface area contributed by atoms with Crippen molar-refractivity contribution in [3.05, 3.63) is 52.1 Å². The number of carbonyl (C=O) groups excluding carboxylic acids is 2. The van der Waals surface area contributed by atoms with Gasteiger partial charge in [-0.05, 0) is 50.2 Å². The molecule has 0 unspecified atom stereocenters. The average molecular weight is 375 g/mol. The van der Waals surface area contributed by atoms with Crippen molar-refractivity contribution in [3.8, 4) is 0 Å². The molecule has 1 aliphatic heterocycles. The van der Waals surface area contributed by atoms with E-state index in [1.807, 2.05) is 0 Å². The molecule has 0 saturated heterocycles. The van der Waals surface area contributed by atoms with Gasteiger partial charge in [0.1, 0.15) is 5.82 Å². The molecule has 0 atom stereocenters. The summed E-state index contributed by atoms with van der Waals surface area (Å²) in [5.74, 6) is -1.28. The third-order valence-electron chi connectivity index (χ3n) is 4.38. The fraction of sp³-hybridized carbons (Fsp3) is 0.300. The third-order valence-corrected chi connectivity index (χ3v) is 4.38. The van der Waals surface area contributed by atoms with E-state index in [0.717, 1.165) is 0 Å². The number of aromatic nitrogens is 1. The number of hydrogen-bond acceptors (Lipinski definition) is 3. The van der Waals surface area contributed by atoms with Crippen LogP contribution in [0, 0.1) is 19.7 Å². The summed E-state index contributed by atoms with van der Waals surface area (Å²) in [6.07, 6.45) is 1.56. The fourth-order valence-electron chi connectivity index (χ4n) is 3.10. The lowest BCUT2D eigenvalue weighted by Gasteiger charge is -2.06. The van der Waals surface area contributed by atoms with Crippen molar-refractivity contribution in [2.45, 2.75) is 20.7 Å². The van der Waals surface area contributed by atoms with Gasteiger partial charge in [0.05, 0.1) is 11.1 Å². The molecule has 2 heterocycles. The van der Waals surface area contributed by atoms with E-state index in [4.69, 9.17) is 6.85 Å². The Morgan fingerprint density at radius 3 is 2.96 bits per heavy atom. The first kappa shape index (κ1) is 13.3. The molecule has 3 rings (SSSR count). The second-order valence-electron chi connectivity index (χ2n) is 6.17. The number of likely N-dealkylation sites (N-methyl/N-ethyl adjacent to an activating group) is 1. The van der Waals surface area contributed by atoms with Crippen LogP contribution in [0.3, 0.4) is 0 Å². The second kappa shape index (κ2) is 7.75. The maximum absolute atomic E-state index is 13.7. The molecule has 4 N–H and O–H groups in total. The lowest BCUT2D eigenvalue weighted by Crippen LogP contribution is -2.32. The summed E-state index contributed by atoms with van der Waals surface area (Å²) in [4.78, 5) is 28.0. The van der Waals surface area contributed by atoms with Crippen LogP contribution >= 0.6 is 0 Å². The van der Waals surface area contributed by atoms with Crippen molar-refractivity contribution in [2.24, 2.45) is 0 Å². The van der Waals surface area contributed by atoms with Gasteiger partial charge in [0.2, 0.25) is 0 Å². The summed E-state index contributed by atoms with van der Waals surface area (Å²) in [7, 11) is 0. The molecule has 2 aromatic rings. The van der Waals surface area contributed by atoms with E-state index >= 15 is 0 Å². The smallest absolute Gasteiger partial charge is 0.256 e. The van der Waals surface area contributed by atoms with E-state index in [9.17, 15) is 14.0 Å². The van der Waals surface area contributed by atoms with Gasteiger partial charge in [-0.25, -0.2) is 4.39 Å². The normalized spacial score (nSPS) is 18.1. The summed E-state index contributed by atoms with van der Waals surface area (Å²) in [6.45, 7) is -2.09. The number of fused-ring (bicyclic) bond motifs is 1. The number of anilines is 1. The molecule has 0 fully saturated rings. The van der Waals surface area contributed by atoms with Gasteiger partial charge in [-0.2, -0.15) is 0 Å². The zero-order valence-electron chi connectivity index (χ0n) is 19.9. The number of carbonyl (C=O) groups is 2. The summed E-state index contributed by atoms with van der Waals surface area (Å²) < 4.78 is 50.1. The number of amides is 2. The van der Waals surface area contributed by atoms with E-state index in [2.05, 4.69) is 20.9 Å². The molecule has 7 heteroatoms. The molecular formula is C20H23FN4O2. The van der Waals surface area contributed by atoms with Crippen molar-refractivity contribution in [1.82, 2.24) is 15.6 Å². The zero-order valence-corrected chi connectivity index (χ0v) is 14.9. The molecule has 2 amide bonds. The maximum Gasteiger partial charge on any atom is 0.256 e. The van der Waals surface area contributed by atoms with E-state index in [0.29, 0.717) is 33.8 Å². The number of aryl methyl sites for hydroxylation is 1. The Labute approximate surface area is 164 Å². The minimum atomic E-state index is -2.83. The summed E-state index contributed by atoms with van der Waals surface area (Å²) >= 11 is 0. The Bertz CT molecular complexity index is 1110. The SMILES string of the molecule is [2H]C([2H])([2H])C([2H])([2H])NCCNC(=O)c1c(C)[nH]c(/C=C2/C(=O)Nc3ccc(F)cc32)c1C. The molecule has 1 aromatic heterocycles.